The second kappa shape index (κ2) is 6.22. The minimum absolute atomic E-state index is 0.00951. The fourth-order valence-electron chi connectivity index (χ4n) is 2.14. The maximum absolute atomic E-state index is 11.4. The summed E-state index contributed by atoms with van der Waals surface area (Å²) in [6.07, 6.45) is 0. The summed E-state index contributed by atoms with van der Waals surface area (Å²) in [5, 5.41) is 9.11. The van der Waals surface area contributed by atoms with Crippen LogP contribution < -0.4 is 4.74 Å². The Bertz CT molecular complexity index is 689. The van der Waals surface area contributed by atoms with E-state index in [1.807, 2.05) is 6.92 Å². The summed E-state index contributed by atoms with van der Waals surface area (Å²) in [5.41, 5.74) is 2.34. The summed E-state index contributed by atoms with van der Waals surface area (Å²) in [7, 11) is 0. The first kappa shape index (κ1) is 14.8. The van der Waals surface area contributed by atoms with Crippen LogP contribution in [-0.4, -0.2) is 16.9 Å². The van der Waals surface area contributed by atoms with Crippen LogP contribution in [0.15, 0.2) is 42.5 Å². The van der Waals surface area contributed by atoms with Crippen LogP contribution in [-0.2, 0) is 6.61 Å². The average Bonchev–Trinajstić information content (AvgIpc) is 2.45. The lowest BCUT2D eigenvalue weighted by Gasteiger charge is -2.10. The van der Waals surface area contributed by atoms with Crippen LogP contribution in [0.5, 0.6) is 5.75 Å². The molecular weight excluding hydrogens is 268 g/mol. The van der Waals surface area contributed by atoms with Crippen molar-refractivity contribution in [2.45, 2.75) is 20.5 Å². The zero-order valence-electron chi connectivity index (χ0n) is 11.9. The molecule has 0 unspecified atom stereocenters. The molecule has 0 aromatic heterocycles. The third-order valence-electron chi connectivity index (χ3n) is 3.22. The zero-order valence-corrected chi connectivity index (χ0v) is 11.9. The summed E-state index contributed by atoms with van der Waals surface area (Å²) < 4.78 is 5.62. The van der Waals surface area contributed by atoms with E-state index in [9.17, 15) is 9.59 Å². The van der Waals surface area contributed by atoms with Gasteiger partial charge in [-0.3, -0.25) is 4.79 Å². The fourth-order valence-corrected chi connectivity index (χ4v) is 2.14. The van der Waals surface area contributed by atoms with E-state index in [0.717, 1.165) is 5.56 Å². The molecule has 0 atom stereocenters. The Hall–Kier alpha value is -2.62. The molecule has 0 saturated heterocycles. The Morgan fingerprint density at radius 2 is 1.81 bits per heavy atom. The molecule has 108 valence electrons. The first-order valence-electron chi connectivity index (χ1n) is 6.54. The minimum atomic E-state index is -0.975. The third-order valence-corrected chi connectivity index (χ3v) is 3.22. The van der Waals surface area contributed by atoms with E-state index in [4.69, 9.17) is 9.84 Å². The monoisotopic (exact) mass is 284 g/mol. The molecule has 0 radical (unpaired) electrons. The molecule has 0 aliphatic heterocycles. The molecule has 0 bridgehead atoms. The van der Waals surface area contributed by atoms with Crippen molar-refractivity contribution in [3.05, 3.63) is 64.7 Å². The van der Waals surface area contributed by atoms with Gasteiger partial charge >= 0.3 is 5.97 Å². The highest BCUT2D eigenvalue weighted by Crippen LogP contribution is 2.20. The van der Waals surface area contributed by atoms with Gasteiger partial charge in [0, 0.05) is 11.1 Å². The van der Waals surface area contributed by atoms with Crippen LogP contribution >= 0.6 is 0 Å². The predicted molar refractivity (Wildman–Crippen MR) is 78.9 cm³/mol. The number of carboxylic acid groups (broad SMARTS) is 1. The fraction of sp³-hybridized carbons (Fsp3) is 0.176. The summed E-state index contributed by atoms with van der Waals surface area (Å²) >= 11 is 0. The van der Waals surface area contributed by atoms with E-state index < -0.39 is 5.97 Å². The molecule has 0 aliphatic rings. The van der Waals surface area contributed by atoms with E-state index in [1.165, 1.54) is 6.92 Å². The van der Waals surface area contributed by atoms with Crippen LogP contribution in [0.4, 0.5) is 0 Å². The lowest BCUT2D eigenvalue weighted by Crippen LogP contribution is -2.05. The van der Waals surface area contributed by atoms with Crippen molar-refractivity contribution >= 4 is 11.8 Å². The highest BCUT2D eigenvalue weighted by molar-refractivity contribution is 5.95. The van der Waals surface area contributed by atoms with Gasteiger partial charge in [0.15, 0.2) is 5.78 Å². The normalized spacial score (nSPS) is 10.2. The van der Waals surface area contributed by atoms with Crippen LogP contribution in [0, 0.1) is 6.92 Å². The van der Waals surface area contributed by atoms with Crippen molar-refractivity contribution in [2.75, 3.05) is 0 Å². The van der Waals surface area contributed by atoms with Gasteiger partial charge in [-0.05, 0) is 43.7 Å². The number of benzene rings is 2. The van der Waals surface area contributed by atoms with Gasteiger partial charge in [0.25, 0.3) is 0 Å². The molecule has 4 heteroatoms. The lowest BCUT2D eigenvalue weighted by atomic mass is 10.1. The van der Waals surface area contributed by atoms with Gasteiger partial charge in [-0.25, -0.2) is 4.79 Å². The molecule has 0 heterocycles. The lowest BCUT2D eigenvalue weighted by molar-refractivity contribution is 0.0693. The second-order valence-electron chi connectivity index (χ2n) is 4.78. The van der Waals surface area contributed by atoms with Crippen molar-refractivity contribution in [2.24, 2.45) is 0 Å². The highest BCUT2D eigenvalue weighted by Gasteiger charge is 2.10. The number of Topliss-reactive ketones (excluding diaryl/α,β-unsaturated/α-hetero) is 1. The molecule has 4 nitrogen and oxygen atoms in total. The maximum atomic E-state index is 11.4. The number of carbonyl (C=O) groups is 2. The van der Waals surface area contributed by atoms with E-state index >= 15 is 0 Å². The molecule has 0 spiro atoms. The Morgan fingerprint density at radius 3 is 2.43 bits per heavy atom. The number of hydrogen-bond acceptors (Lipinski definition) is 3. The molecule has 0 amide bonds. The molecule has 21 heavy (non-hydrogen) atoms. The Labute approximate surface area is 123 Å². The van der Waals surface area contributed by atoms with Crippen LogP contribution in [0.25, 0.3) is 0 Å². The molecular formula is C17H16O4. The van der Waals surface area contributed by atoms with Crippen molar-refractivity contribution in [3.8, 4) is 5.75 Å². The van der Waals surface area contributed by atoms with Gasteiger partial charge in [0.2, 0.25) is 0 Å². The van der Waals surface area contributed by atoms with Gasteiger partial charge in [-0.2, -0.15) is 0 Å². The number of hydrogen-bond donors (Lipinski definition) is 1. The molecule has 0 saturated carbocycles. The Morgan fingerprint density at radius 1 is 1.10 bits per heavy atom. The van der Waals surface area contributed by atoms with Gasteiger partial charge in [0.1, 0.15) is 12.4 Å². The summed E-state index contributed by atoms with van der Waals surface area (Å²) in [6.45, 7) is 3.53. The average molecular weight is 284 g/mol. The predicted octanol–water partition coefficient (Wildman–Crippen LogP) is 3.47. The number of rotatable bonds is 5. The number of carbonyl (C=O) groups excluding carboxylic acids is 1. The van der Waals surface area contributed by atoms with Crippen molar-refractivity contribution in [3.63, 3.8) is 0 Å². The number of ether oxygens (including phenoxy) is 1. The van der Waals surface area contributed by atoms with E-state index in [-0.39, 0.29) is 18.0 Å². The molecule has 2 rings (SSSR count). The zero-order chi connectivity index (χ0) is 15.4. The maximum Gasteiger partial charge on any atom is 0.336 e. The Balaban J connectivity index is 2.16. The Kier molecular flexibility index (Phi) is 4.38. The second-order valence-corrected chi connectivity index (χ2v) is 4.78. The van der Waals surface area contributed by atoms with Crippen LogP contribution in [0.2, 0.25) is 0 Å². The summed E-state index contributed by atoms with van der Waals surface area (Å²) in [4.78, 5) is 22.5. The van der Waals surface area contributed by atoms with Crippen molar-refractivity contribution in [1.29, 1.82) is 0 Å². The smallest absolute Gasteiger partial charge is 0.336 e. The topological polar surface area (TPSA) is 63.6 Å². The molecule has 2 aromatic rings. The van der Waals surface area contributed by atoms with Gasteiger partial charge in [-0.15, -0.1) is 0 Å². The van der Waals surface area contributed by atoms with Crippen LogP contribution in [0.3, 0.4) is 0 Å². The highest BCUT2D eigenvalue weighted by atomic mass is 16.5. The largest absolute Gasteiger partial charge is 0.489 e. The summed E-state index contributed by atoms with van der Waals surface area (Å²) in [6, 6.07) is 11.9. The standard InChI is InChI=1S/C17H16O4/c1-11-9-14(7-8-15(11)12(2)18)21-10-13-5-3-4-6-16(13)17(19)20/h3-9H,10H2,1-2H3,(H,19,20). The summed E-state index contributed by atoms with van der Waals surface area (Å²) in [5.74, 6) is -0.356. The van der Waals surface area contributed by atoms with E-state index in [1.54, 1.807) is 42.5 Å². The number of aromatic carboxylic acids is 1. The van der Waals surface area contributed by atoms with E-state index in [2.05, 4.69) is 0 Å². The first-order chi connectivity index (χ1) is 9.99. The molecule has 0 aliphatic carbocycles. The first-order valence-corrected chi connectivity index (χ1v) is 6.54. The van der Waals surface area contributed by atoms with Gasteiger partial charge in [-0.1, -0.05) is 18.2 Å². The molecule has 2 aromatic carbocycles. The van der Waals surface area contributed by atoms with Crippen LogP contribution in [0.1, 0.15) is 38.8 Å². The van der Waals surface area contributed by atoms with Crippen molar-refractivity contribution < 1.29 is 19.4 Å². The number of carboxylic acids is 1. The molecule has 0 fully saturated rings. The van der Waals surface area contributed by atoms with E-state index in [0.29, 0.717) is 16.9 Å². The van der Waals surface area contributed by atoms with Crippen molar-refractivity contribution in [1.82, 2.24) is 0 Å². The molecule has 1 N–H and O–H groups in total. The van der Waals surface area contributed by atoms with Gasteiger partial charge in [0.05, 0.1) is 5.56 Å². The minimum Gasteiger partial charge on any atom is -0.489 e. The third kappa shape index (κ3) is 3.48. The SMILES string of the molecule is CC(=O)c1ccc(OCc2ccccc2C(=O)O)cc1C. The number of ketones is 1. The quantitative estimate of drug-likeness (QED) is 0.854. The van der Waals surface area contributed by atoms with Gasteiger partial charge < -0.3 is 9.84 Å². The number of aryl methyl sites for hydroxylation is 1.